The second kappa shape index (κ2) is 11.1. The Morgan fingerprint density at radius 3 is 2.50 bits per heavy atom. The van der Waals surface area contributed by atoms with Gasteiger partial charge in [-0.3, -0.25) is 4.55 Å². The summed E-state index contributed by atoms with van der Waals surface area (Å²) in [5, 5.41) is 3.37. The van der Waals surface area contributed by atoms with Crippen LogP contribution < -0.4 is 5.32 Å². The molecule has 0 spiro atoms. The summed E-state index contributed by atoms with van der Waals surface area (Å²) < 4.78 is 37.8. The Hall–Kier alpha value is -0.470. The zero-order valence-electron chi connectivity index (χ0n) is 13.4. The molecule has 7 heteroatoms. The SMILES string of the molecule is C=CCCNCCCCCCOC1CCN(S(=O)(=O)O)CC1. The van der Waals surface area contributed by atoms with Crippen LogP contribution in [-0.4, -0.2) is 56.2 Å². The van der Waals surface area contributed by atoms with Gasteiger partial charge >= 0.3 is 10.3 Å². The van der Waals surface area contributed by atoms with Gasteiger partial charge in [-0.2, -0.15) is 12.7 Å². The standard InChI is InChI=1S/C15H30N2O4S/c1-2-3-10-16-11-6-4-5-7-14-21-15-8-12-17(13-9-15)22(18,19)20/h2,15-16H,1,3-14H2,(H,18,19,20). The van der Waals surface area contributed by atoms with Crippen molar-refractivity contribution in [1.82, 2.24) is 9.62 Å². The number of nitrogens with zero attached hydrogens (tertiary/aromatic N) is 1. The second-order valence-electron chi connectivity index (χ2n) is 5.69. The van der Waals surface area contributed by atoms with E-state index < -0.39 is 10.3 Å². The lowest BCUT2D eigenvalue weighted by atomic mass is 10.1. The molecule has 0 aromatic carbocycles. The summed E-state index contributed by atoms with van der Waals surface area (Å²) >= 11 is 0. The lowest BCUT2D eigenvalue weighted by Crippen LogP contribution is -2.40. The molecule has 0 atom stereocenters. The summed E-state index contributed by atoms with van der Waals surface area (Å²) in [4.78, 5) is 0. The molecule has 0 amide bonds. The van der Waals surface area contributed by atoms with Gasteiger partial charge in [-0.25, -0.2) is 0 Å². The Morgan fingerprint density at radius 1 is 1.18 bits per heavy atom. The van der Waals surface area contributed by atoms with Crippen LogP contribution >= 0.6 is 0 Å². The van der Waals surface area contributed by atoms with E-state index >= 15 is 0 Å². The summed E-state index contributed by atoms with van der Waals surface area (Å²) in [6.07, 6.45) is 8.97. The van der Waals surface area contributed by atoms with E-state index in [1.54, 1.807) is 0 Å². The van der Waals surface area contributed by atoms with Gasteiger partial charge in [0.2, 0.25) is 0 Å². The third-order valence-corrected chi connectivity index (χ3v) is 4.87. The lowest BCUT2D eigenvalue weighted by Gasteiger charge is -2.29. The molecule has 130 valence electrons. The molecule has 1 saturated heterocycles. The van der Waals surface area contributed by atoms with Crippen LogP contribution in [0.15, 0.2) is 12.7 Å². The van der Waals surface area contributed by atoms with Crippen molar-refractivity contribution in [1.29, 1.82) is 0 Å². The second-order valence-corrected chi connectivity index (χ2v) is 7.10. The van der Waals surface area contributed by atoms with Crippen molar-refractivity contribution in [2.45, 2.75) is 51.0 Å². The monoisotopic (exact) mass is 334 g/mol. The average molecular weight is 334 g/mol. The fourth-order valence-corrected chi connectivity index (χ4v) is 3.19. The van der Waals surface area contributed by atoms with Crippen LogP contribution in [0.5, 0.6) is 0 Å². The van der Waals surface area contributed by atoms with Crippen molar-refractivity contribution in [3.05, 3.63) is 12.7 Å². The van der Waals surface area contributed by atoms with Gasteiger partial charge < -0.3 is 10.1 Å². The largest absolute Gasteiger partial charge is 0.378 e. The summed E-state index contributed by atoms with van der Waals surface area (Å²) in [5.41, 5.74) is 0. The van der Waals surface area contributed by atoms with Gasteiger partial charge in [0.05, 0.1) is 6.10 Å². The number of hydrogen-bond acceptors (Lipinski definition) is 4. The Labute approximate surface area is 134 Å². The lowest BCUT2D eigenvalue weighted by molar-refractivity contribution is 0.0182. The Balaban J connectivity index is 1.91. The summed E-state index contributed by atoms with van der Waals surface area (Å²) in [6.45, 7) is 7.18. The smallest absolute Gasteiger partial charge is 0.335 e. The molecule has 0 aromatic heterocycles. The van der Waals surface area contributed by atoms with Crippen LogP contribution in [0.4, 0.5) is 0 Å². The minimum atomic E-state index is -4.03. The molecule has 0 radical (unpaired) electrons. The molecule has 6 nitrogen and oxygen atoms in total. The first-order valence-corrected chi connectivity index (χ1v) is 9.59. The Bertz CT molecular complexity index is 392. The van der Waals surface area contributed by atoms with E-state index in [0.29, 0.717) is 25.9 Å². The minimum Gasteiger partial charge on any atom is -0.378 e. The number of piperidine rings is 1. The van der Waals surface area contributed by atoms with Crippen molar-refractivity contribution in [2.24, 2.45) is 0 Å². The molecule has 0 saturated carbocycles. The van der Waals surface area contributed by atoms with E-state index in [1.807, 2.05) is 6.08 Å². The molecular formula is C15H30N2O4S. The highest BCUT2D eigenvalue weighted by Crippen LogP contribution is 2.16. The summed E-state index contributed by atoms with van der Waals surface area (Å²) in [5.74, 6) is 0. The van der Waals surface area contributed by atoms with Crippen molar-refractivity contribution in [3.63, 3.8) is 0 Å². The maximum absolute atomic E-state index is 11.0. The van der Waals surface area contributed by atoms with E-state index in [-0.39, 0.29) is 6.10 Å². The maximum Gasteiger partial charge on any atom is 0.335 e. The molecule has 22 heavy (non-hydrogen) atoms. The van der Waals surface area contributed by atoms with Gasteiger partial charge in [0.15, 0.2) is 0 Å². The van der Waals surface area contributed by atoms with Crippen LogP contribution in [-0.2, 0) is 15.0 Å². The van der Waals surface area contributed by atoms with Crippen LogP contribution in [0.3, 0.4) is 0 Å². The van der Waals surface area contributed by atoms with E-state index in [2.05, 4.69) is 11.9 Å². The highest BCUT2D eigenvalue weighted by molar-refractivity contribution is 7.83. The topological polar surface area (TPSA) is 78.9 Å². The maximum atomic E-state index is 11.0. The number of hydrogen-bond donors (Lipinski definition) is 2. The van der Waals surface area contributed by atoms with Crippen molar-refractivity contribution >= 4 is 10.3 Å². The molecule has 1 aliphatic heterocycles. The van der Waals surface area contributed by atoms with Gasteiger partial charge in [-0.1, -0.05) is 18.9 Å². The summed E-state index contributed by atoms with van der Waals surface area (Å²) in [6, 6.07) is 0. The molecule has 0 unspecified atom stereocenters. The number of rotatable bonds is 12. The van der Waals surface area contributed by atoms with Crippen LogP contribution in [0.2, 0.25) is 0 Å². The highest BCUT2D eigenvalue weighted by Gasteiger charge is 2.26. The highest BCUT2D eigenvalue weighted by atomic mass is 32.2. The van der Waals surface area contributed by atoms with Crippen molar-refractivity contribution in [2.75, 3.05) is 32.8 Å². The predicted molar refractivity (Wildman–Crippen MR) is 88.2 cm³/mol. The molecule has 0 aromatic rings. The van der Waals surface area contributed by atoms with Crippen molar-refractivity contribution in [3.8, 4) is 0 Å². The van der Waals surface area contributed by atoms with Crippen molar-refractivity contribution < 1.29 is 17.7 Å². The third kappa shape index (κ3) is 8.85. The average Bonchev–Trinajstić information content (AvgIpc) is 2.49. The fraction of sp³-hybridized carbons (Fsp3) is 0.867. The van der Waals surface area contributed by atoms with E-state index in [4.69, 9.17) is 9.29 Å². The van der Waals surface area contributed by atoms with Crippen LogP contribution in [0.1, 0.15) is 44.9 Å². The molecule has 0 aliphatic carbocycles. The minimum absolute atomic E-state index is 0.124. The van der Waals surface area contributed by atoms with Gasteiger partial charge in [0, 0.05) is 19.7 Å². The molecule has 0 bridgehead atoms. The number of ether oxygens (including phenoxy) is 1. The van der Waals surface area contributed by atoms with Gasteiger partial charge in [-0.05, 0) is 45.2 Å². The third-order valence-electron chi connectivity index (χ3n) is 3.85. The van der Waals surface area contributed by atoms with E-state index in [1.165, 1.54) is 12.8 Å². The molecule has 1 aliphatic rings. The first-order chi connectivity index (χ1) is 10.5. The Kier molecular flexibility index (Phi) is 9.90. The Morgan fingerprint density at radius 2 is 1.86 bits per heavy atom. The zero-order chi connectivity index (χ0) is 16.3. The van der Waals surface area contributed by atoms with E-state index in [0.717, 1.165) is 43.3 Å². The molecule has 1 heterocycles. The predicted octanol–water partition coefficient (Wildman–Crippen LogP) is 2.00. The number of nitrogens with one attached hydrogen (secondary N) is 1. The van der Waals surface area contributed by atoms with Crippen LogP contribution in [0.25, 0.3) is 0 Å². The van der Waals surface area contributed by atoms with E-state index in [9.17, 15) is 8.42 Å². The van der Waals surface area contributed by atoms with Gasteiger partial charge in [0.1, 0.15) is 0 Å². The number of unbranched alkanes of at least 4 members (excludes halogenated alkanes) is 3. The molecule has 1 rings (SSSR count). The zero-order valence-corrected chi connectivity index (χ0v) is 14.2. The fourth-order valence-electron chi connectivity index (χ4n) is 2.51. The molecule has 2 N–H and O–H groups in total. The van der Waals surface area contributed by atoms with Gasteiger partial charge in [0.25, 0.3) is 0 Å². The summed E-state index contributed by atoms with van der Waals surface area (Å²) in [7, 11) is -4.03. The normalized spacial score (nSPS) is 17.7. The van der Waals surface area contributed by atoms with Gasteiger partial charge in [-0.15, -0.1) is 6.58 Å². The molecular weight excluding hydrogens is 304 g/mol. The first kappa shape index (κ1) is 19.6. The van der Waals surface area contributed by atoms with Crippen LogP contribution in [0, 0.1) is 0 Å². The first-order valence-electron chi connectivity index (χ1n) is 8.20. The molecule has 1 fully saturated rings. The quantitative estimate of drug-likeness (QED) is 0.324.